The molecule has 2 N–H and O–H groups in total. The van der Waals surface area contributed by atoms with Gasteiger partial charge in [-0.3, -0.25) is 23.3 Å². The van der Waals surface area contributed by atoms with E-state index in [4.69, 9.17) is 9.72 Å². The molecule has 3 heterocycles. The summed E-state index contributed by atoms with van der Waals surface area (Å²) in [6.45, 7) is 5.11. The molecule has 1 unspecified atom stereocenters. The van der Waals surface area contributed by atoms with Crippen LogP contribution in [0.1, 0.15) is 83.7 Å². The molecule has 0 aromatic carbocycles. The highest BCUT2D eigenvalue weighted by atomic mass is 16.5. The lowest BCUT2D eigenvalue weighted by Gasteiger charge is -2.36. The van der Waals surface area contributed by atoms with Crippen LogP contribution >= 0.6 is 0 Å². The van der Waals surface area contributed by atoms with Crippen LogP contribution in [0.4, 0.5) is 0 Å². The van der Waals surface area contributed by atoms with Crippen LogP contribution in [0.15, 0.2) is 9.59 Å². The van der Waals surface area contributed by atoms with Crippen LogP contribution in [-0.4, -0.2) is 41.5 Å². The molecule has 0 bridgehead atoms. The van der Waals surface area contributed by atoms with Crippen molar-refractivity contribution in [2.24, 2.45) is 5.92 Å². The summed E-state index contributed by atoms with van der Waals surface area (Å²) in [4.78, 5) is 42.9. The lowest BCUT2D eigenvalue weighted by molar-refractivity contribution is -0.145. The normalized spacial score (nSPS) is 26.0. The lowest BCUT2D eigenvalue weighted by atomic mass is 9.78. The Bertz CT molecular complexity index is 1130. The van der Waals surface area contributed by atoms with Crippen molar-refractivity contribution in [1.82, 2.24) is 18.7 Å². The predicted molar refractivity (Wildman–Crippen MR) is 121 cm³/mol. The monoisotopic (exact) mass is 462 g/mol. The summed E-state index contributed by atoms with van der Waals surface area (Å²) in [5.74, 6) is -1.06. The van der Waals surface area contributed by atoms with Crippen molar-refractivity contribution in [2.75, 3.05) is 6.61 Å². The lowest BCUT2D eigenvalue weighted by Crippen LogP contribution is -2.41. The van der Waals surface area contributed by atoms with E-state index in [2.05, 4.69) is 0 Å². The van der Waals surface area contributed by atoms with Crippen molar-refractivity contribution in [3.63, 3.8) is 0 Å². The number of hydrogen-bond donors (Lipinski definition) is 2. The van der Waals surface area contributed by atoms with E-state index in [0.29, 0.717) is 57.6 Å². The Morgan fingerprint density at radius 1 is 1.09 bits per heavy atom. The van der Waals surface area contributed by atoms with E-state index in [9.17, 15) is 24.6 Å². The second-order valence-corrected chi connectivity index (χ2v) is 9.33. The first-order chi connectivity index (χ1) is 15.8. The summed E-state index contributed by atoms with van der Waals surface area (Å²) in [6.07, 6.45) is 4.46. The van der Waals surface area contributed by atoms with E-state index < -0.39 is 35.0 Å². The van der Waals surface area contributed by atoms with Crippen LogP contribution in [0, 0.1) is 5.92 Å². The summed E-state index contributed by atoms with van der Waals surface area (Å²) in [6, 6.07) is 0. The van der Waals surface area contributed by atoms with E-state index in [1.807, 2.05) is 13.8 Å². The van der Waals surface area contributed by atoms with Crippen molar-refractivity contribution < 1.29 is 19.7 Å². The third kappa shape index (κ3) is 4.14. The minimum Gasteiger partial charge on any atom is -0.481 e. The number of rotatable bonds is 7. The van der Waals surface area contributed by atoms with Gasteiger partial charge < -0.3 is 14.9 Å². The van der Waals surface area contributed by atoms with Crippen LogP contribution in [0.5, 0.6) is 0 Å². The van der Waals surface area contributed by atoms with E-state index in [1.54, 1.807) is 4.57 Å². The average Bonchev–Trinajstić information content (AvgIpc) is 3.22. The van der Waals surface area contributed by atoms with Gasteiger partial charge in [-0.1, -0.05) is 13.8 Å². The molecule has 2 aromatic rings. The molecule has 2 fully saturated rings. The third-order valence-electron chi connectivity index (χ3n) is 6.97. The summed E-state index contributed by atoms with van der Waals surface area (Å²) in [5, 5.41) is 21.1. The van der Waals surface area contributed by atoms with Crippen molar-refractivity contribution in [3.05, 3.63) is 26.7 Å². The second kappa shape index (κ2) is 9.42. The second-order valence-electron chi connectivity index (χ2n) is 9.33. The number of imidazole rings is 1. The molecule has 0 amide bonds. The van der Waals surface area contributed by atoms with Crippen molar-refractivity contribution in [3.8, 4) is 0 Å². The summed E-state index contributed by atoms with van der Waals surface area (Å²) < 4.78 is 10.5. The van der Waals surface area contributed by atoms with Crippen LogP contribution in [0.2, 0.25) is 0 Å². The number of carbonyl (C=O) groups is 1. The Labute approximate surface area is 191 Å². The smallest absolute Gasteiger partial charge is 0.332 e. The van der Waals surface area contributed by atoms with Crippen LogP contribution in [0.3, 0.4) is 0 Å². The average molecular weight is 463 g/mol. The molecule has 10 nitrogen and oxygen atoms in total. The standard InChI is InChI=1S/C23H34N4O6/c1-3-12-25-18-17(19(28)26(13-4-2)22(25)31)27(16-7-5-6-14-33-16)21(24-18)23(32)10-8-15(9-11-23)20(29)30/h15-16,32H,3-14H2,1-2H3,(H,29,30). The number of carboxylic acid groups (broad SMARTS) is 1. The number of fused-ring (bicyclic) bond motifs is 1. The van der Waals surface area contributed by atoms with Crippen LogP contribution in [0.25, 0.3) is 11.2 Å². The number of nitrogens with zero attached hydrogens (tertiary/aromatic N) is 4. The van der Waals surface area contributed by atoms with Gasteiger partial charge in [0.05, 0.1) is 5.92 Å². The minimum atomic E-state index is -1.39. The highest BCUT2D eigenvalue weighted by Crippen LogP contribution is 2.41. The van der Waals surface area contributed by atoms with E-state index >= 15 is 0 Å². The predicted octanol–water partition coefficient (Wildman–Crippen LogP) is 2.34. The largest absolute Gasteiger partial charge is 0.481 e. The zero-order valence-corrected chi connectivity index (χ0v) is 19.5. The number of aryl methyl sites for hydroxylation is 1. The van der Waals surface area contributed by atoms with Crippen LogP contribution in [-0.2, 0) is 28.2 Å². The number of ether oxygens (including phenoxy) is 1. The third-order valence-corrected chi connectivity index (χ3v) is 6.97. The molecular weight excluding hydrogens is 428 g/mol. The van der Waals surface area contributed by atoms with Gasteiger partial charge in [0, 0.05) is 19.7 Å². The van der Waals surface area contributed by atoms with Gasteiger partial charge in [0.15, 0.2) is 11.2 Å². The Kier molecular flexibility index (Phi) is 6.76. The van der Waals surface area contributed by atoms with Crippen molar-refractivity contribution in [2.45, 2.75) is 96.6 Å². The molecule has 1 saturated heterocycles. The van der Waals surface area contributed by atoms with Gasteiger partial charge in [-0.25, -0.2) is 9.78 Å². The fourth-order valence-electron chi connectivity index (χ4n) is 5.21. The molecular formula is C23H34N4O6. The van der Waals surface area contributed by atoms with Gasteiger partial charge in [0.1, 0.15) is 17.7 Å². The minimum absolute atomic E-state index is 0.223. The zero-order chi connectivity index (χ0) is 23.8. The van der Waals surface area contributed by atoms with E-state index in [1.165, 1.54) is 9.13 Å². The molecule has 182 valence electrons. The first-order valence-corrected chi connectivity index (χ1v) is 12.1. The molecule has 33 heavy (non-hydrogen) atoms. The van der Waals surface area contributed by atoms with Crippen molar-refractivity contribution in [1.29, 1.82) is 0 Å². The zero-order valence-electron chi connectivity index (χ0n) is 19.5. The van der Waals surface area contributed by atoms with Crippen LogP contribution < -0.4 is 11.2 Å². The maximum absolute atomic E-state index is 13.6. The van der Waals surface area contributed by atoms with Crippen molar-refractivity contribution >= 4 is 17.1 Å². The Morgan fingerprint density at radius 3 is 2.33 bits per heavy atom. The summed E-state index contributed by atoms with van der Waals surface area (Å²) in [5.41, 5.74) is -1.64. The number of aliphatic hydroxyl groups is 1. The fourth-order valence-corrected chi connectivity index (χ4v) is 5.21. The highest BCUT2D eigenvalue weighted by Gasteiger charge is 2.43. The van der Waals surface area contributed by atoms with E-state index in [0.717, 1.165) is 12.8 Å². The molecule has 0 radical (unpaired) electrons. The molecule has 1 atom stereocenters. The Balaban J connectivity index is 1.97. The Morgan fingerprint density at radius 2 is 1.76 bits per heavy atom. The quantitative estimate of drug-likeness (QED) is 0.646. The number of hydrogen-bond acceptors (Lipinski definition) is 6. The maximum Gasteiger partial charge on any atom is 0.332 e. The molecule has 1 saturated carbocycles. The topological polar surface area (TPSA) is 129 Å². The van der Waals surface area contributed by atoms with Gasteiger partial charge in [0.2, 0.25) is 0 Å². The SMILES string of the molecule is CCCn1c(=O)c2c(nc(C3(O)CCC(C(=O)O)CC3)n2C2CCCCO2)n(CCC)c1=O. The molecule has 0 spiro atoms. The van der Waals surface area contributed by atoms with Gasteiger partial charge >= 0.3 is 11.7 Å². The van der Waals surface area contributed by atoms with Gasteiger partial charge in [0.25, 0.3) is 5.56 Å². The molecule has 1 aliphatic carbocycles. The first kappa shape index (κ1) is 23.7. The molecule has 2 aromatic heterocycles. The molecule has 4 rings (SSSR count). The molecule has 2 aliphatic rings. The molecule has 10 heteroatoms. The van der Waals surface area contributed by atoms with E-state index in [-0.39, 0.29) is 24.0 Å². The fraction of sp³-hybridized carbons (Fsp3) is 0.739. The number of carboxylic acids is 1. The Hall–Kier alpha value is -2.46. The molecule has 1 aliphatic heterocycles. The van der Waals surface area contributed by atoms with Gasteiger partial charge in [-0.15, -0.1) is 0 Å². The summed E-state index contributed by atoms with van der Waals surface area (Å²) >= 11 is 0. The first-order valence-electron chi connectivity index (χ1n) is 12.1. The number of aromatic nitrogens is 4. The van der Waals surface area contributed by atoms with Gasteiger partial charge in [-0.05, 0) is 57.8 Å². The van der Waals surface area contributed by atoms with Gasteiger partial charge in [-0.2, -0.15) is 0 Å². The maximum atomic E-state index is 13.6. The summed E-state index contributed by atoms with van der Waals surface area (Å²) in [7, 11) is 0. The number of aliphatic carboxylic acids is 1. The highest BCUT2D eigenvalue weighted by molar-refractivity contribution is 5.72.